The molecular weight excluding hydrogens is 565 g/mol. The van der Waals surface area contributed by atoms with Crippen molar-refractivity contribution >= 4 is 11.6 Å². The lowest BCUT2D eigenvalue weighted by atomic mass is 9.86. The highest BCUT2D eigenvalue weighted by Crippen LogP contribution is 2.23. The molecule has 0 radical (unpaired) electrons. The minimum atomic E-state index is -1.08. The molecule has 0 aliphatic heterocycles. The summed E-state index contributed by atoms with van der Waals surface area (Å²) in [5.41, 5.74) is 11.8. The van der Waals surface area contributed by atoms with Gasteiger partial charge in [-0.2, -0.15) is 0 Å². The Labute approximate surface area is 261 Å². The summed E-state index contributed by atoms with van der Waals surface area (Å²) in [5.74, 6) is -0.143. The van der Waals surface area contributed by atoms with Crippen molar-refractivity contribution in [2.45, 2.75) is 78.7 Å². The van der Waals surface area contributed by atoms with E-state index in [1.54, 1.807) is 19.2 Å². The number of nitrogens with zero attached hydrogens (tertiary/aromatic N) is 3. The number of aryl methyl sites for hydroxylation is 1. The number of methoxy groups -OCH3 is 1. The number of anilines is 1. The third kappa shape index (κ3) is 12.7. The first-order valence-electron chi connectivity index (χ1n) is 15.4. The number of halogens is 1. The standard InChI is InChI=1S/C33H50FN5O5/c1-7-23(4)29(19-36-27-13-11-26(34)12-14-27)37-33(41)28(22(2)3)18-31(40)30(38-39-35)21-43-20-25-10-9-24(5)32(17-25)44-16-8-15-42-6/h9-14,17,22-23,28-31,36,40H,7-8,15-16,18-21H2,1-6H3,(H,37,41)/t23-,28-,29+,30-,31-/m0/s1. The van der Waals surface area contributed by atoms with E-state index in [9.17, 15) is 19.8 Å². The van der Waals surface area contributed by atoms with Crippen molar-refractivity contribution in [3.05, 3.63) is 69.9 Å². The molecule has 0 aliphatic rings. The molecule has 0 fully saturated rings. The van der Waals surface area contributed by atoms with Gasteiger partial charge in [0, 0.05) is 49.2 Å². The number of azide groups is 1. The van der Waals surface area contributed by atoms with E-state index in [0.29, 0.717) is 19.8 Å². The Morgan fingerprint density at radius 3 is 2.50 bits per heavy atom. The van der Waals surface area contributed by atoms with Crippen molar-refractivity contribution < 1.29 is 28.5 Å². The van der Waals surface area contributed by atoms with Crippen LogP contribution in [0.4, 0.5) is 10.1 Å². The fraction of sp³-hybridized carbons (Fsp3) is 0.606. The number of aliphatic hydroxyl groups excluding tert-OH is 1. The number of carbonyl (C=O) groups is 1. The summed E-state index contributed by atoms with van der Waals surface area (Å²) in [7, 11) is 1.66. The van der Waals surface area contributed by atoms with Gasteiger partial charge in [-0.1, -0.05) is 51.4 Å². The van der Waals surface area contributed by atoms with Crippen LogP contribution in [0.3, 0.4) is 0 Å². The molecule has 5 atom stereocenters. The monoisotopic (exact) mass is 615 g/mol. The Balaban J connectivity index is 2.00. The van der Waals surface area contributed by atoms with Crippen LogP contribution in [0.15, 0.2) is 47.6 Å². The van der Waals surface area contributed by atoms with Gasteiger partial charge in [0.05, 0.1) is 32.0 Å². The molecule has 0 saturated carbocycles. The van der Waals surface area contributed by atoms with Crippen LogP contribution in [-0.2, 0) is 20.9 Å². The van der Waals surface area contributed by atoms with Gasteiger partial charge in [-0.05, 0) is 72.2 Å². The van der Waals surface area contributed by atoms with Crippen LogP contribution in [0, 0.1) is 30.5 Å². The van der Waals surface area contributed by atoms with E-state index in [1.165, 1.54) is 12.1 Å². The van der Waals surface area contributed by atoms with Crippen molar-refractivity contribution in [2.75, 3.05) is 38.8 Å². The average Bonchev–Trinajstić information content (AvgIpc) is 3.00. The van der Waals surface area contributed by atoms with Gasteiger partial charge in [-0.3, -0.25) is 4.79 Å². The SMILES string of the molecule is CC[C@H](C)[C@@H](CNc1ccc(F)cc1)NC(=O)[C@@H](C[C@H](O)[C@H](COCc1ccc(C)c(OCCCOC)c1)N=[N+]=[N-])C(C)C. The lowest BCUT2D eigenvalue weighted by Gasteiger charge is -2.30. The number of hydrogen-bond donors (Lipinski definition) is 3. The molecular formula is C33H50FN5O5. The summed E-state index contributed by atoms with van der Waals surface area (Å²) in [6, 6.07) is 10.8. The molecule has 2 aromatic carbocycles. The van der Waals surface area contributed by atoms with Crippen LogP contribution in [0.2, 0.25) is 0 Å². The van der Waals surface area contributed by atoms with Crippen molar-refractivity contribution in [1.82, 2.24) is 5.32 Å². The minimum absolute atomic E-state index is 0.00729. The second-order valence-electron chi connectivity index (χ2n) is 11.6. The first-order valence-corrected chi connectivity index (χ1v) is 15.4. The van der Waals surface area contributed by atoms with Gasteiger partial charge in [0.2, 0.25) is 5.91 Å². The molecule has 2 rings (SSSR count). The van der Waals surface area contributed by atoms with E-state index in [-0.39, 0.29) is 49.2 Å². The predicted octanol–water partition coefficient (Wildman–Crippen LogP) is 6.41. The molecule has 10 nitrogen and oxygen atoms in total. The van der Waals surface area contributed by atoms with Gasteiger partial charge in [0.15, 0.2) is 0 Å². The molecule has 1 amide bonds. The van der Waals surface area contributed by atoms with E-state index in [2.05, 4.69) is 34.5 Å². The van der Waals surface area contributed by atoms with Gasteiger partial charge in [-0.15, -0.1) is 0 Å². The Bertz CT molecular complexity index is 1180. The Morgan fingerprint density at radius 1 is 1.14 bits per heavy atom. The van der Waals surface area contributed by atoms with Gasteiger partial charge in [-0.25, -0.2) is 4.39 Å². The molecule has 0 heterocycles. The van der Waals surface area contributed by atoms with Crippen LogP contribution in [0.5, 0.6) is 5.75 Å². The van der Waals surface area contributed by atoms with E-state index >= 15 is 0 Å². The fourth-order valence-electron chi connectivity index (χ4n) is 4.72. The van der Waals surface area contributed by atoms with Gasteiger partial charge in [0.25, 0.3) is 0 Å². The van der Waals surface area contributed by atoms with Crippen LogP contribution in [-0.4, -0.2) is 62.7 Å². The highest BCUT2D eigenvalue weighted by atomic mass is 19.1. The molecule has 11 heteroatoms. The van der Waals surface area contributed by atoms with Crippen molar-refractivity contribution in [3.8, 4) is 5.75 Å². The van der Waals surface area contributed by atoms with E-state index in [1.807, 2.05) is 39.0 Å². The Hall–Kier alpha value is -3.37. The second kappa shape index (κ2) is 19.8. The maximum absolute atomic E-state index is 13.5. The third-order valence-electron chi connectivity index (χ3n) is 7.87. The molecule has 2 aromatic rings. The zero-order chi connectivity index (χ0) is 32.5. The van der Waals surface area contributed by atoms with Crippen molar-refractivity contribution in [2.24, 2.45) is 22.9 Å². The highest BCUT2D eigenvalue weighted by Gasteiger charge is 2.31. The number of ether oxygens (including phenoxy) is 3. The molecule has 0 aliphatic carbocycles. The summed E-state index contributed by atoms with van der Waals surface area (Å²) in [6.07, 6.45) is 0.660. The average molecular weight is 616 g/mol. The summed E-state index contributed by atoms with van der Waals surface area (Å²) in [5, 5.41) is 21.3. The first-order chi connectivity index (χ1) is 21.1. The van der Waals surface area contributed by atoms with Gasteiger partial charge in [0.1, 0.15) is 11.6 Å². The van der Waals surface area contributed by atoms with Gasteiger partial charge < -0.3 is 30.0 Å². The van der Waals surface area contributed by atoms with Crippen LogP contribution in [0.25, 0.3) is 10.4 Å². The highest BCUT2D eigenvalue weighted by molar-refractivity contribution is 5.79. The summed E-state index contributed by atoms with van der Waals surface area (Å²) < 4.78 is 30.1. The largest absolute Gasteiger partial charge is 0.493 e. The van der Waals surface area contributed by atoms with Gasteiger partial charge >= 0.3 is 0 Å². The number of nitrogens with one attached hydrogen (secondary N) is 2. The summed E-state index contributed by atoms with van der Waals surface area (Å²) >= 11 is 0. The Kier molecular flexibility index (Phi) is 16.6. The Morgan fingerprint density at radius 2 is 1.86 bits per heavy atom. The predicted molar refractivity (Wildman–Crippen MR) is 171 cm³/mol. The van der Waals surface area contributed by atoms with Crippen molar-refractivity contribution in [3.63, 3.8) is 0 Å². The lowest BCUT2D eigenvalue weighted by Crippen LogP contribution is -2.48. The van der Waals surface area contributed by atoms with Crippen molar-refractivity contribution in [1.29, 1.82) is 0 Å². The topological polar surface area (TPSA) is 138 Å². The first kappa shape index (κ1) is 36.8. The smallest absolute Gasteiger partial charge is 0.223 e. The fourth-order valence-corrected chi connectivity index (χ4v) is 4.72. The second-order valence-corrected chi connectivity index (χ2v) is 11.6. The maximum Gasteiger partial charge on any atom is 0.223 e. The quantitative estimate of drug-likeness (QED) is 0.0642. The van der Waals surface area contributed by atoms with Crippen LogP contribution < -0.4 is 15.4 Å². The number of carbonyl (C=O) groups excluding carboxylic acids is 1. The van der Waals surface area contributed by atoms with E-state index in [0.717, 1.165) is 35.4 Å². The lowest BCUT2D eigenvalue weighted by molar-refractivity contribution is -0.128. The zero-order valence-electron chi connectivity index (χ0n) is 27.0. The third-order valence-corrected chi connectivity index (χ3v) is 7.87. The number of aliphatic hydroxyl groups is 1. The van der Waals surface area contributed by atoms with Crippen LogP contribution in [0.1, 0.15) is 58.1 Å². The number of rotatable bonds is 21. The molecule has 3 N–H and O–H groups in total. The molecule has 0 saturated heterocycles. The molecule has 0 spiro atoms. The van der Waals surface area contributed by atoms with E-state index in [4.69, 9.17) is 14.2 Å². The number of hydrogen-bond acceptors (Lipinski definition) is 7. The van der Waals surface area contributed by atoms with E-state index < -0.39 is 18.1 Å². The molecule has 244 valence electrons. The minimum Gasteiger partial charge on any atom is -0.493 e. The number of amides is 1. The molecule has 0 aromatic heterocycles. The van der Waals surface area contributed by atoms with Crippen LogP contribution >= 0.6 is 0 Å². The zero-order valence-corrected chi connectivity index (χ0v) is 27.0. The molecule has 0 unspecified atom stereocenters. The maximum atomic E-state index is 13.5. The summed E-state index contributed by atoms with van der Waals surface area (Å²) in [4.78, 5) is 16.4. The molecule has 0 bridgehead atoms. The normalized spacial score (nSPS) is 14.7. The summed E-state index contributed by atoms with van der Waals surface area (Å²) in [6.45, 7) is 11.8. The number of benzene rings is 2. The molecule has 44 heavy (non-hydrogen) atoms.